The van der Waals surface area contributed by atoms with Gasteiger partial charge in [-0.15, -0.1) is 0 Å². The topological polar surface area (TPSA) is 61.6 Å². The van der Waals surface area contributed by atoms with E-state index in [0.29, 0.717) is 25.3 Å². The van der Waals surface area contributed by atoms with Gasteiger partial charge in [0.1, 0.15) is 6.04 Å². The molecule has 0 aromatic rings. The molecule has 2 rings (SSSR count). The van der Waals surface area contributed by atoms with Crippen LogP contribution < -0.4 is 11.1 Å². The summed E-state index contributed by atoms with van der Waals surface area (Å²) in [5, 5.41) is 5.71. The fourth-order valence-electron chi connectivity index (χ4n) is 2.24. The van der Waals surface area contributed by atoms with Crippen LogP contribution in [0, 0.1) is 0 Å². The summed E-state index contributed by atoms with van der Waals surface area (Å²) >= 11 is 0. The quantitative estimate of drug-likeness (QED) is 0.726. The standard InChI is InChI=1S/C10H15F3N4O/c1-6(10(11,12)13)17-5-7(9(14)18)8-4-15-2-3-16(8)17/h6,15H,2-5H2,1H3,(H2,14,18). The summed E-state index contributed by atoms with van der Waals surface area (Å²) in [5.74, 6) is -0.657. The molecule has 0 bridgehead atoms. The van der Waals surface area contributed by atoms with E-state index in [0.717, 1.165) is 11.9 Å². The summed E-state index contributed by atoms with van der Waals surface area (Å²) in [6, 6.07) is -1.64. The average molecular weight is 264 g/mol. The van der Waals surface area contributed by atoms with Crippen molar-refractivity contribution >= 4 is 5.91 Å². The van der Waals surface area contributed by atoms with Gasteiger partial charge in [-0.1, -0.05) is 0 Å². The van der Waals surface area contributed by atoms with Gasteiger partial charge in [-0.05, 0) is 6.92 Å². The van der Waals surface area contributed by atoms with Crippen LogP contribution in [-0.4, -0.2) is 54.3 Å². The maximum absolute atomic E-state index is 12.8. The van der Waals surface area contributed by atoms with Crippen LogP contribution >= 0.6 is 0 Å². The number of nitrogens with zero attached hydrogens (tertiary/aromatic N) is 2. The number of nitrogens with two attached hydrogens (primary N) is 1. The van der Waals surface area contributed by atoms with Gasteiger partial charge < -0.3 is 16.1 Å². The van der Waals surface area contributed by atoms with Crippen molar-refractivity contribution in [3.05, 3.63) is 11.3 Å². The Morgan fingerprint density at radius 2 is 2.17 bits per heavy atom. The second kappa shape index (κ2) is 4.43. The van der Waals surface area contributed by atoms with Gasteiger partial charge in [-0.25, -0.2) is 5.01 Å². The molecule has 8 heteroatoms. The lowest BCUT2D eigenvalue weighted by molar-refractivity contribution is -0.206. The number of hydrazine groups is 1. The summed E-state index contributed by atoms with van der Waals surface area (Å²) in [6.07, 6.45) is -4.33. The zero-order valence-electron chi connectivity index (χ0n) is 9.92. The highest BCUT2D eigenvalue weighted by Gasteiger charge is 2.46. The first-order valence-corrected chi connectivity index (χ1v) is 5.65. The van der Waals surface area contributed by atoms with Crippen LogP contribution in [0.2, 0.25) is 0 Å². The van der Waals surface area contributed by atoms with Crippen molar-refractivity contribution in [2.24, 2.45) is 5.73 Å². The number of fused-ring (bicyclic) bond motifs is 1. The van der Waals surface area contributed by atoms with Gasteiger partial charge in [0.05, 0.1) is 17.8 Å². The van der Waals surface area contributed by atoms with Crippen molar-refractivity contribution in [1.29, 1.82) is 0 Å². The molecule has 2 aliphatic rings. The summed E-state index contributed by atoms with van der Waals surface area (Å²) in [5.41, 5.74) is 6.04. The number of carbonyl (C=O) groups excluding carboxylic acids is 1. The number of hydrogen-bond acceptors (Lipinski definition) is 4. The largest absolute Gasteiger partial charge is 0.405 e. The second-order valence-electron chi connectivity index (χ2n) is 4.40. The number of hydrogen-bond donors (Lipinski definition) is 2. The number of amides is 1. The third-order valence-electron chi connectivity index (χ3n) is 3.30. The molecular formula is C10H15F3N4O. The minimum Gasteiger partial charge on any atom is -0.366 e. The molecule has 5 nitrogen and oxygen atoms in total. The van der Waals surface area contributed by atoms with Crippen LogP contribution in [-0.2, 0) is 4.79 Å². The highest BCUT2D eigenvalue weighted by atomic mass is 19.4. The second-order valence-corrected chi connectivity index (χ2v) is 4.40. The molecule has 0 aromatic carbocycles. The Balaban J connectivity index is 2.26. The summed E-state index contributed by atoms with van der Waals surface area (Å²) in [4.78, 5) is 11.3. The van der Waals surface area contributed by atoms with E-state index >= 15 is 0 Å². The Bertz CT molecular complexity index is 393. The number of nitrogens with one attached hydrogen (secondary N) is 1. The van der Waals surface area contributed by atoms with Gasteiger partial charge >= 0.3 is 6.18 Å². The number of primary amides is 1. The number of rotatable bonds is 2. The molecule has 0 spiro atoms. The minimum absolute atomic E-state index is 0.0764. The summed E-state index contributed by atoms with van der Waals surface area (Å²) in [7, 11) is 0. The highest BCUT2D eigenvalue weighted by Crippen LogP contribution is 2.32. The first kappa shape index (κ1) is 13.2. The maximum Gasteiger partial charge on any atom is 0.405 e. The molecule has 1 unspecified atom stereocenters. The van der Waals surface area contributed by atoms with Crippen LogP contribution in [0.4, 0.5) is 13.2 Å². The molecule has 0 radical (unpaired) electrons. The van der Waals surface area contributed by atoms with Crippen LogP contribution in [0.1, 0.15) is 6.92 Å². The first-order valence-electron chi connectivity index (χ1n) is 5.65. The number of carbonyl (C=O) groups is 1. The number of halogens is 3. The van der Waals surface area contributed by atoms with Gasteiger partial charge in [0.25, 0.3) is 0 Å². The lowest BCUT2D eigenvalue weighted by atomic mass is 10.2. The van der Waals surface area contributed by atoms with E-state index in [4.69, 9.17) is 5.73 Å². The van der Waals surface area contributed by atoms with Gasteiger partial charge in [-0.3, -0.25) is 4.79 Å². The third kappa shape index (κ3) is 2.17. The molecule has 102 valence electrons. The highest BCUT2D eigenvalue weighted by molar-refractivity contribution is 5.93. The lowest BCUT2D eigenvalue weighted by Gasteiger charge is -2.39. The van der Waals surface area contributed by atoms with E-state index in [1.807, 2.05) is 0 Å². The number of piperazine rings is 1. The lowest BCUT2D eigenvalue weighted by Crippen LogP contribution is -2.54. The van der Waals surface area contributed by atoms with Crippen LogP contribution in [0.3, 0.4) is 0 Å². The third-order valence-corrected chi connectivity index (χ3v) is 3.30. The van der Waals surface area contributed by atoms with E-state index in [2.05, 4.69) is 5.32 Å². The smallest absolute Gasteiger partial charge is 0.366 e. The van der Waals surface area contributed by atoms with E-state index < -0.39 is 18.1 Å². The first-order chi connectivity index (χ1) is 8.32. The average Bonchev–Trinajstić information content (AvgIpc) is 2.66. The zero-order chi connectivity index (χ0) is 13.5. The van der Waals surface area contributed by atoms with Crippen molar-refractivity contribution < 1.29 is 18.0 Å². The van der Waals surface area contributed by atoms with Gasteiger partial charge in [0.2, 0.25) is 5.91 Å². The molecule has 1 fully saturated rings. The van der Waals surface area contributed by atoms with E-state index in [9.17, 15) is 18.0 Å². The predicted octanol–water partition coefficient (Wildman–Crippen LogP) is -0.188. The molecule has 0 aromatic heterocycles. The molecule has 2 heterocycles. The SMILES string of the molecule is CC(N1CC(C(N)=O)=C2CNCCN21)C(F)(F)F. The molecule has 3 N–H and O–H groups in total. The molecule has 2 aliphatic heterocycles. The monoisotopic (exact) mass is 264 g/mol. The predicted molar refractivity (Wildman–Crippen MR) is 58.0 cm³/mol. The van der Waals surface area contributed by atoms with Crippen molar-refractivity contribution in [2.45, 2.75) is 19.1 Å². The van der Waals surface area contributed by atoms with Crippen molar-refractivity contribution in [3.63, 3.8) is 0 Å². The molecule has 1 atom stereocenters. The maximum atomic E-state index is 12.8. The zero-order valence-corrected chi connectivity index (χ0v) is 9.92. The van der Waals surface area contributed by atoms with Crippen LogP contribution in [0.25, 0.3) is 0 Å². The Labute approximate surface area is 102 Å². The minimum atomic E-state index is -4.33. The van der Waals surface area contributed by atoms with E-state index in [-0.39, 0.29) is 12.1 Å². The molecule has 18 heavy (non-hydrogen) atoms. The fourth-order valence-corrected chi connectivity index (χ4v) is 2.24. The fraction of sp³-hybridized carbons (Fsp3) is 0.700. The van der Waals surface area contributed by atoms with Gasteiger partial charge in [0.15, 0.2) is 0 Å². The molecule has 1 amide bonds. The Kier molecular flexibility index (Phi) is 3.24. The Morgan fingerprint density at radius 1 is 1.50 bits per heavy atom. The summed E-state index contributed by atoms with van der Waals surface area (Å²) in [6.45, 7) is 2.37. The Hall–Kier alpha value is -1.28. The molecular weight excluding hydrogens is 249 g/mol. The molecule has 1 saturated heterocycles. The van der Waals surface area contributed by atoms with Crippen LogP contribution in [0.5, 0.6) is 0 Å². The molecule has 0 aliphatic carbocycles. The number of alkyl halides is 3. The normalized spacial score (nSPS) is 23.2. The van der Waals surface area contributed by atoms with Gasteiger partial charge in [-0.2, -0.15) is 13.2 Å². The van der Waals surface area contributed by atoms with E-state index in [1.165, 1.54) is 5.01 Å². The Morgan fingerprint density at radius 3 is 2.72 bits per heavy atom. The summed E-state index contributed by atoms with van der Waals surface area (Å²) < 4.78 is 38.3. The van der Waals surface area contributed by atoms with Gasteiger partial charge in [0, 0.05) is 19.6 Å². The van der Waals surface area contributed by atoms with Crippen molar-refractivity contribution in [2.75, 3.05) is 26.2 Å². The van der Waals surface area contributed by atoms with Crippen molar-refractivity contribution in [1.82, 2.24) is 15.3 Å². The van der Waals surface area contributed by atoms with E-state index in [1.54, 1.807) is 0 Å². The molecule has 0 saturated carbocycles. The van der Waals surface area contributed by atoms with Crippen molar-refractivity contribution in [3.8, 4) is 0 Å². The van der Waals surface area contributed by atoms with Crippen LogP contribution in [0.15, 0.2) is 11.3 Å².